The lowest BCUT2D eigenvalue weighted by Gasteiger charge is -2.18. The molecule has 0 radical (unpaired) electrons. The van der Waals surface area contributed by atoms with Crippen molar-refractivity contribution < 1.29 is 9.53 Å². The van der Waals surface area contributed by atoms with E-state index >= 15 is 0 Å². The number of carbonyl (C=O) groups excluding carboxylic acids is 1. The quantitative estimate of drug-likeness (QED) is 0.711. The van der Waals surface area contributed by atoms with Crippen LogP contribution in [0, 0.1) is 0 Å². The molecule has 2 atom stereocenters. The maximum Gasteiger partial charge on any atom is 0.249 e. The molecule has 3 nitrogen and oxygen atoms in total. The molecule has 1 N–H and O–H groups in total. The lowest BCUT2D eigenvalue weighted by atomic mass is 10.2. The first-order valence-electron chi connectivity index (χ1n) is 4.93. The Morgan fingerprint density at radius 3 is 2.23 bits per heavy atom. The van der Waals surface area contributed by atoms with E-state index in [0.717, 1.165) is 6.42 Å². The highest BCUT2D eigenvalue weighted by Crippen LogP contribution is 1.98. The van der Waals surface area contributed by atoms with Gasteiger partial charge in [0.2, 0.25) is 5.91 Å². The van der Waals surface area contributed by atoms with E-state index in [2.05, 4.69) is 5.32 Å². The van der Waals surface area contributed by atoms with E-state index in [0.29, 0.717) is 0 Å². The SMILES string of the molecule is CCC(C)NC(=O)C(C)OC(C)C. The summed E-state index contributed by atoms with van der Waals surface area (Å²) in [5, 5.41) is 2.87. The molecule has 0 fully saturated rings. The summed E-state index contributed by atoms with van der Waals surface area (Å²) in [5.41, 5.74) is 0. The molecule has 0 aromatic carbocycles. The molecule has 0 aromatic rings. The topological polar surface area (TPSA) is 38.3 Å². The molecule has 78 valence electrons. The average Bonchev–Trinajstić information content (AvgIpc) is 2.02. The summed E-state index contributed by atoms with van der Waals surface area (Å²) in [7, 11) is 0. The minimum Gasteiger partial charge on any atom is -0.366 e. The Morgan fingerprint density at radius 2 is 1.85 bits per heavy atom. The number of amides is 1. The summed E-state index contributed by atoms with van der Waals surface area (Å²) in [6.45, 7) is 9.65. The standard InChI is InChI=1S/C10H21NO2/c1-6-8(4)11-10(12)9(5)13-7(2)3/h7-9H,6H2,1-5H3,(H,11,12). The van der Waals surface area contributed by atoms with Crippen molar-refractivity contribution in [2.45, 2.75) is 59.3 Å². The Labute approximate surface area is 80.8 Å². The van der Waals surface area contributed by atoms with Gasteiger partial charge in [-0.3, -0.25) is 4.79 Å². The third-order valence-electron chi connectivity index (χ3n) is 1.85. The lowest BCUT2D eigenvalue weighted by Crippen LogP contribution is -2.40. The highest BCUT2D eigenvalue weighted by Gasteiger charge is 2.15. The molecule has 0 rings (SSSR count). The first-order valence-corrected chi connectivity index (χ1v) is 4.93. The molecular weight excluding hydrogens is 166 g/mol. The summed E-state index contributed by atoms with van der Waals surface area (Å²) in [6.07, 6.45) is 0.687. The van der Waals surface area contributed by atoms with Gasteiger partial charge >= 0.3 is 0 Å². The van der Waals surface area contributed by atoms with Crippen molar-refractivity contribution in [3.63, 3.8) is 0 Å². The van der Waals surface area contributed by atoms with Crippen molar-refractivity contribution in [2.24, 2.45) is 0 Å². The predicted molar refractivity (Wildman–Crippen MR) is 53.6 cm³/mol. The van der Waals surface area contributed by atoms with Crippen LogP contribution in [0.5, 0.6) is 0 Å². The van der Waals surface area contributed by atoms with Gasteiger partial charge in [0.25, 0.3) is 0 Å². The van der Waals surface area contributed by atoms with Gasteiger partial charge in [-0.25, -0.2) is 0 Å². The van der Waals surface area contributed by atoms with Gasteiger partial charge in [-0.15, -0.1) is 0 Å². The van der Waals surface area contributed by atoms with Crippen LogP contribution in [-0.4, -0.2) is 24.2 Å². The first kappa shape index (κ1) is 12.4. The molecule has 0 spiro atoms. The minimum absolute atomic E-state index is 0.0250. The van der Waals surface area contributed by atoms with Gasteiger partial charge in [0.15, 0.2) is 0 Å². The normalized spacial score (nSPS) is 15.5. The number of ether oxygens (including phenoxy) is 1. The maximum atomic E-state index is 11.4. The van der Waals surface area contributed by atoms with Crippen LogP contribution in [0.1, 0.15) is 41.0 Å². The van der Waals surface area contributed by atoms with E-state index in [-0.39, 0.29) is 24.2 Å². The van der Waals surface area contributed by atoms with Crippen molar-refractivity contribution in [1.82, 2.24) is 5.32 Å². The van der Waals surface area contributed by atoms with Gasteiger partial charge in [0, 0.05) is 6.04 Å². The van der Waals surface area contributed by atoms with E-state index in [4.69, 9.17) is 4.74 Å². The van der Waals surface area contributed by atoms with E-state index in [1.807, 2.05) is 27.7 Å². The maximum absolute atomic E-state index is 11.4. The number of hydrogen-bond acceptors (Lipinski definition) is 2. The Hall–Kier alpha value is -0.570. The fourth-order valence-corrected chi connectivity index (χ4v) is 0.932. The number of carbonyl (C=O) groups is 1. The van der Waals surface area contributed by atoms with E-state index in [1.165, 1.54) is 0 Å². The Balaban J connectivity index is 3.82. The van der Waals surface area contributed by atoms with E-state index in [9.17, 15) is 4.79 Å². The molecule has 3 heteroatoms. The van der Waals surface area contributed by atoms with Crippen LogP contribution >= 0.6 is 0 Å². The average molecular weight is 187 g/mol. The summed E-state index contributed by atoms with van der Waals surface area (Å²) in [4.78, 5) is 11.4. The molecule has 0 heterocycles. The van der Waals surface area contributed by atoms with Crippen LogP contribution in [0.3, 0.4) is 0 Å². The zero-order chi connectivity index (χ0) is 10.4. The fraction of sp³-hybridized carbons (Fsp3) is 0.900. The molecule has 1 amide bonds. The van der Waals surface area contributed by atoms with E-state index in [1.54, 1.807) is 6.92 Å². The Kier molecular flexibility index (Phi) is 5.71. The second-order valence-electron chi connectivity index (χ2n) is 3.64. The Bertz CT molecular complexity index is 157. The summed E-state index contributed by atoms with van der Waals surface area (Å²) in [6, 6.07) is 0.228. The largest absolute Gasteiger partial charge is 0.366 e. The van der Waals surface area contributed by atoms with Gasteiger partial charge < -0.3 is 10.1 Å². The van der Waals surface area contributed by atoms with Crippen molar-refractivity contribution >= 4 is 5.91 Å². The molecule has 0 bridgehead atoms. The zero-order valence-electron chi connectivity index (χ0n) is 9.26. The van der Waals surface area contributed by atoms with E-state index < -0.39 is 0 Å². The molecule has 0 aliphatic rings. The van der Waals surface area contributed by atoms with Crippen LogP contribution in [0.2, 0.25) is 0 Å². The third-order valence-corrected chi connectivity index (χ3v) is 1.85. The number of rotatable bonds is 5. The molecule has 13 heavy (non-hydrogen) atoms. The molecule has 2 unspecified atom stereocenters. The van der Waals surface area contributed by atoms with Gasteiger partial charge in [-0.2, -0.15) is 0 Å². The van der Waals surface area contributed by atoms with Crippen molar-refractivity contribution in [1.29, 1.82) is 0 Å². The van der Waals surface area contributed by atoms with Gasteiger partial charge in [-0.05, 0) is 34.1 Å². The molecule has 0 aliphatic heterocycles. The monoisotopic (exact) mass is 187 g/mol. The van der Waals surface area contributed by atoms with Crippen LogP contribution in [0.25, 0.3) is 0 Å². The van der Waals surface area contributed by atoms with Crippen molar-refractivity contribution in [3.8, 4) is 0 Å². The second-order valence-corrected chi connectivity index (χ2v) is 3.64. The molecule has 0 saturated heterocycles. The van der Waals surface area contributed by atoms with Crippen LogP contribution < -0.4 is 5.32 Å². The molecule has 0 aromatic heterocycles. The van der Waals surface area contributed by atoms with Crippen molar-refractivity contribution in [3.05, 3.63) is 0 Å². The Morgan fingerprint density at radius 1 is 1.31 bits per heavy atom. The lowest BCUT2D eigenvalue weighted by molar-refractivity contribution is -0.134. The third kappa shape index (κ3) is 5.64. The summed E-state index contributed by atoms with van der Waals surface area (Å²) < 4.78 is 5.35. The predicted octanol–water partition coefficient (Wildman–Crippen LogP) is 1.71. The van der Waals surface area contributed by atoms with Crippen molar-refractivity contribution in [2.75, 3.05) is 0 Å². The summed E-state index contributed by atoms with van der Waals surface area (Å²) >= 11 is 0. The smallest absolute Gasteiger partial charge is 0.249 e. The van der Waals surface area contributed by atoms with Crippen LogP contribution in [0.4, 0.5) is 0 Å². The first-order chi connectivity index (χ1) is 5.97. The fourth-order valence-electron chi connectivity index (χ4n) is 0.932. The van der Waals surface area contributed by atoms with Crippen LogP contribution in [-0.2, 0) is 9.53 Å². The minimum atomic E-state index is -0.353. The molecular formula is C10H21NO2. The van der Waals surface area contributed by atoms with Crippen LogP contribution in [0.15, 0.2) is 0 Å². The van der Waals surface area contributed by atoms with Gasteiger partial charge in [0.05, 0.1) is 6.10 Å². The zero-order valence-corrected chi connectivity index (χ0v) is 9.26. The summed E-state index contributed by atoms with van der Waals surface area (Å²) in [5.74, 6) is -0.0250. The van der Waals surface area contributed by atoms with Gasteiger partial charge in [0.1, 0.15) is 6.10 Å². The highest BCUT2D eigenvalue weighted by atomic mass is 16.5. The molecule has 0 aliphatic carbocycles. The second kappa shape index (κ2) is 5.97. The number of hydrogen-bond donors (Lipinski definition) is 1. The van der Waals surface area contributed by atoms with Gasteiger partial charge in [-0.1, -0.05) is 6.92 Å². The number of nitrogens with one attached hydrogen (secondary N) is 1. The molecule has 0 saturated carbocycles. The highest BCUT2D eigenvalue weighted by molar-refractivity contribution is 5.80.